The lowest BCUT2D eigenvalue weighted by molar-refractivity contribution is 0.289. The molecule has 1 aromatic heterocycles. The first-order chi connectivity index (χ1) is 13.6. The molecule has 152 valence electrons. The number of piperidine rings is 1. The van der Waals surface area contributed by atoms with Crippen molar-refractivity contribution in [3.05, 3.63) is 24.4 Å². The van der Waals surface area contributed by atoms with E-state index in [1.165, 1.54) is 0 Å². The predicted molar refractivity (Wildman–Crippen MR) is 108 cm³/mol. The zero-order chi connectivity index (χ0) is 19.7. The van der Waals surface area contributed by atoms with E-state index in [1.54, 1.807) is 18.5 Å². The van der Waals surface area contributed by atoms with Crippen molar-refractivity contribution < 1.29 is 18.2 Å². The van der Waals surface area contributed by atoms with Crippen LogP contribution in [0.5, 0.6) is 11.5 Å². The average molecular weight is 405 g/mol. The van der Waals surface area contributed by atoms with Gasteiger partial charge >= 0.3 is 0 Å². The minimum Gasteiger partial charge on any atom is -0.760 e. The maximum absolute atomic E-state index is 11.5. The van der Waals surface area contributed by atoms with Crippen LogP contribution in [0, 0.1) is 5.92 Å². The summed E-state index contributed by atoms with van der Waals surface area (Å²) >= 11 is -2.11. The van der Waals surface area contributed by atoms with Crippen LogP contribution in [0.15, 0.2) is 24.4 Å². The Labute approximate surface area is 168 Å². The van der Waals surface area contributed by atoms with Crippen molar-refractivity contribution in [1.29, 1.82) is 0 Å². The summed E-state index contributed by atoms with van der Waals surface area (Å²) in [7, 11) is 3.26. The van der Waals surface area contributed by atoms with Gasteiger partial charge in [-0.05, 0) is 43.7 Å². The molecule has 0 amide bonds. The van der Waals surface area contributed by atoms with Crippen LogP contribution >= 0.6 is 0 Å². The van der Waals surface area contributed by atoms with Crippen molar-refractivity contribution >= 4 is 27.9 Å². The van der Waals surface area contributed by atoms with E-state index in [0.717, 1.165) is 55.4 Å². The van der Waals surface area contributed by atoms with Gasteiger partial charge in [-0.2, -0.15) is 0 Å². The number of aromatic nitrogens is 1. The molecule has 2 aliphatic rings. The van der Waals surface area contributed by atoms with Crippen molar-refractivity contribution in [2.45, 2.75) is 31.7 Å². The summed E-state index contributed by atoms with van der Waals surface area (Å²) in [4.78, 5) is 6.85. The van der Waals surface area contributed by atoms with Crippen molar-refractivity contribution in [2.75, 3.05) is 38.8 Å². The molecule has 2 aromatic rings. The van der Waals surface area contributed by atoms with E-state index in [0.29, 0.717) is 24.0 Å². The van der Waals surface area contributed by atoms with Gasteiger partial charge in [0.2, 0.25) is 0 Å². The number of hydrogen-bond acceptors (Lipinski definition) is 6. The summed E-state index contributed by atoms with van der Waals surface area (Å²) in [5.74, 6) is 1.78. The Morgan fingerprint density at radius 3 is 2.46 bits per heavy atom. The number of methoxy groups -OCH3 is 2. The number of fused-ring (bicyclic) bond motifs is 1. The average Bonchev–Trinajstić information content (AvgIpc) is 3.55. The van der Waals surface area contributed by atoms with Gasteiger partial charge in [-0.1, -0.05) is 0 Å². The molecule has 1 saturated carbocycles. The first-order valence-electron chi connectivity index (χ1n) is 9.72. The molecule has 1 atom stereocenters. The number of benzene rings is 1. The third-order valence-corrected chi connectivity index (χ3v) is 6.59. The normalized spacial score (nSPS) is 19.2. The lowest BCUT2D eigenvalue weighted by atomic mass is 9.96. The topological polar surface area (TPSA) is 78.0 Å². The highest BCUT2D eigenvalue weighted by atomic mass is 32.2. The zero-order valence-electron chi connectivity index (χ0n) is 16.3. The second-order valence-electron chi connectivity index (χ2n) is 7.53. The summed E-state index contributed by atoms with van der Waals surface area (Å²) in [6, 6.07) is 6.17. The van der Waals surface area contributed by atoms with Crippen LogP contribution in [-0.2, 0) is 11.3 Å². The van der Waals surface area contributed by atoms with Crippen LogP contribution in [0.4, 0.5) is 5.69 Å². The molecule has 2 heterocycles. The molecule has 2 fully saturated rings. The van der Waals surface area contributed by atoms with Crippen molar-refractivity contribution in [3.63, 3.8) is 0 Å². The molecule has 0 radical (unpaired) electrons. The Kier molecular flexibility index (Phi) is 5.70. The molecule has 1 aliphatic heterocycles. The van der Waals surface area contributed by atoms with Crippen molar-refractivity contribution in [3.8, 4) is 11.5 Å². The highest BCUT2D eigenvalue weighted by molar-refractivity contribution is 7.76. The van der Waals surface area contributed by atoms with E-state index in [2.05, 4.69) is 9.88 Å². The van der Waals surface area contributed by atoms with Crippen LogP contribution in [0.2, 0.25) is 0 Å². The summed E-state index contributed by atoms with van der Waals surface area (Å²) in [6.07, 6.45) is 5.79. The molecule has 8 heteroatoms. The first-order valence-corrected chi connectivity index (χ1v) is 10.8. The molecule has 7 nitrogen and oxygen atoms in total. The van der Waals surface area contributed by atoms with E-state index >= 15 is 0 Å². The number of hydrogen-bond donors (Lipinski definition) is 0. The van der Waals surface area contributed by atoms with Crippen LogP contribution in [0.1, 0.15) is 25.7 Å². The number of anilines is 1. The van der Waals surface area contributed by atoms with E-state index in [1.807, 2.05) is 24.4 Å². The monoisotopic (exact) mass is 404 g/mol. The van der Waals surface area contributed by atoms with Gasteiger partial charge in [0, 0.05) is 60.3 Å². The first kappa shape index (κ1) is 19.4. The summed E-state index contributed by atoms with van der Waals surface area (Å²) < 4.78 is 35.5. The Morgan fingerprint density at radius 2 is 1.86 bits per heavy atom. The van der Waals surface area contributed by atoms with Gasteiger partial charge in [-0.15, -0.1) is 0 Å². The molecule has 1 aliphatic carbocycles. The van der Waals surface area contributed by atoms with Gasteiger partial charge < -0.3 is 18.9 Å². The third-order valence-electron chi connectivity index (χ3n) is 5.76. The summed E-state index contributed by atoms with van der Waals surface area (Å²) in [5.41, 5.74) is 2.01. The molecular weight excluding hydrogens is 378 g/mol. The minimum atomic E-state index is -2.11. The van der Waals surface area contributed by atoms with E-state index < -0.39 is 11.3 Å². The Balaban J connectivity index is 1.50. The van der Waals surface area contributed by atoms with Gasteiger partial charge in [0.1, 0.15) is 0 Å². The predicted octanol–water partition coefficient (Wildman–Crippen LogP) is 2.73. The zero-order valence-corrected chi connectivity index (χ0v) is 17.1. The number of nitrogens with zero attached hydrogens (tertiary/aromatic N) is 3. The fraction of sp³-hybridized carbons (Fsp3) is 0.550. The largest absolute Gasteiger partial charge is 0.760 e. The SMILES string of the molecule is COc1cc2nccc(N3CCC(CN(C4CC4)S(=O)[O-])CC3)c2cc1OC. The van der Waals surface area contributed by atoms with Gasteiger partial charge in [0.15, 0.2) is 11.5 Å². The number of ether oxygens (including phenoxy) is 2. The van der Waals surface area contributed by atoms with Gasteiger partial charge in [0.25, 0.3) is 0 Å². The lowest BCUT2D eigenvalue weighted by Gasteiger charge is -2.37. The summed E-state index contributed by atoms with van der Waals surface area (Å²) in [5, 5.41) is 1.04. The van der Waals surface area contributed by atoms with Gasteiger partial charge in [0.05, 0.1) is 19.7 Å². The molecule has 1 saturated heterocycles. The van der Waals surface area contributed by atoms with Gasteiger partial charge in [-0.25, -0.2) is 4.31 Å². The van der Waals surface area contributed by atoms with E-state index in [4.69, 9.17) is 9.47 Å². The Bertz CT molecular complexity index is 866. The minimum absolute atomic E-state index is 0.239. The Morgan fingerprint density at radius 1 is 1.18 bits per heavy atom. The number of rotatable bonds is 7. The third kappa shape index (κ3) is 3.94. The van der Waals surface area contributed by atoms with Gasteiger partial charge in [-0.3, -0.25) is 9.19 Å². The maximum Gasteiger partial charge on any atom is 0.162 e. The second kappa shape index (κ2) is 8.23. The molecule has 1 aromatic carbocycles. The fourth-order valence-electron chi connectivity index (χ4n) is 4.04. The molecule has 4 rings (SSSR count). The van der Waals surface area contributed by atoms with Crippen LogP contribution in [-0.4, -0.2) is 57.9 Å². The second-order valence-corrected chi connectivity index (χ2v) is 8.44. The van der Waals surface area contributed by atoms with E-state index in [9.17, 15) is 8.76 Å². The molecule has 0 N–H and O–H groups in total. The lowest BCUT2D eigenvalue weighted by Crippen LogP contribution is -2.40. The molecule has 28 heavy (non-hydrogen) atoms. The van der Waals surface area contributed by atoms with Crippen LogP contribution in [0.3, 0.4) is 0 Å². The van der Waals surface area contributed by atoms with Crippen molar-refractivity contribution in [1.82, 2.24) is 9.29 Å². The van der Waals surface area contributed by atoms with E-state index in [-0.39, 0.29) is 6.04 Å². The smallest absolute Gasteiger partial charge is 0.162 e. The van der Waals surface area contributed by atoms with Crippen molar-refractivity contribution in [2.24, 2.45) is 5.92 Å². The molecule has 0 bridgehead atoms. The highest BCUT2D eigenvalue weighted by Crippen LogP contribution is 2.37. The fourth-order valence-corrected chi connectivity index (χ4v) is 4.83. The maximum atomic E-state index is 11.5. The molecule has 0 spiro atoms. The number of pyridine rings is 1. The molecule has 1 unspecified atom stereocenters. The molecular formula is C20H26N3O4S-. The highest BCUT2D eigenvalue weighted by Gasteiger charge is 2.32. The van der Waals surface area contributed by atoms with Crippen LogP contribution in [0.25, 0.3) is 10.9 Å². The summed E-state index contributed by atoms with van der Waals surface area (Å²) in [6.45, 7) is 2.46. The van der Waals surface area contributed by atoms with Crippen LogP contribution < -0.4 is 14.4 Å². The Hall–Kier alpha value is -1.90. The quantitative estimate of drug-likeness (QED) is 0.661. The standard InChI is InChI=1S/C20H27N3O4S/c1-26-19-11-16-17(12-20(19)27-2)21-8-5-18(16)22-9-6-14(7-10-22)13-23(28(24)25)15-3-4-15/h5,8,11-12,14-15H,3-4,6-7,9-10,13H2,1-2H3,(H,24,25)/p-1.